The monoisotopic (exact) mass is 373 g/mol. The van der Waals surface area contributed by atoms with E-state index in [1.54, 1.807) is 0 Å². The number of carbonyl (C=O) groups excluding carboxylic acids is 1. The fourth-order valence-electron chi connectivity index (χ4n) is 4.13. The molecule has 0 spiro atoms. The second kappa shape index (κ2) is 7.41. The Morgan fingerprint density at radius 3 is 2.70 bits per heavy atom. The molecule has 1 aromatic heterocycles. The lowest BCUT2D eigenvalue weighted by atomic mass is 9.91. The lowest BCUT2D eigenvalue weighted by Crippen LogP contribution is -2.40. The van der Waals surface area contributed by atoms with Crippen molar-refractivity contribution in [2.24, 2.45) is 5.92 Å². The van der Waals surface area contributed by atoms with Crippen LogP contribution >= 0.6 is 0 Å². The Labute approximate surface area is 158 Å². The summed E-state index contributed by atoms with van der Waals surface area (Å²) in [5.74, 6) is -0.245. The molecular formula is C21H25F2N3O. The smallest absolute Gasteiger partial charge is 0.257 e. The molecule has 2 aromatic rings. The van der Waals surface area contributed by atoms with Crippen LogP contribution in [0.2, 0.25) is 0 Å². The van der Waals surface area contributed by atoms with Gasteiger partial charge in [0.25, 0.3) is 5.91 Å². The van der Waals surface area contributed by atoms with E-state index in [9.17, 15) is 13.6 Å². The molecule has 1 N–H and O–H groups in total. The van der Waals surface area contributed by atoms with Crippen molar-refractivity contribution in [2.45, 2.75) is 51.4 Å². The fraction of sp³-hybridized carbons (Fsp3) is 0.524. The number of amides is 1. The molecule has 2 aliphatic rings. The molecule has 1 aliphatic carbocycles. The van der Waals surface area contributed by atoms with Crippen molar-refractivity contribution >= 4 is 5.91 Å². The number of halogens is 2. The number of nitrogens with zero attached hydrogens (tertiary/aromatic N) is 2. The van der Waals surface area contributed by atoms with Crippen molar-refractivity contribution in [3.05, 3.63) is 52.3 Å². The molecule has 2 heterocycles. The summed E-state index contributed by atoms with van der Waals surface area (Å²) in [6, 6.07) is 3.99. The van der Waals surface area contributed by atoms with Crippen LogP contribution in [0.1, 0.15) is 65.3 Å². The van der Waals surface area contributed by atoms with E-state index in [1.165, 1.54) is 18.2 Å². The Morgan fingerprint density at radius 2 is 2.00 bits per heavy atom. The van der Waals surface area contributed by atoms with Crippen molar-refractivity contribution in [3.8, 4) is 0 Å². The summed E-state index contributed by atoms with van der Waals surface area (Å²) in [6.07, 6.45) is 5.15. The zero-order valence-electron chi connectivity index (χ0n) is 15.6. The van der Waals surface area contributed by atoms with Crippen LogP contribution < -0.4 is 0 Å². The van der Waals surface area contributed by atoms with E-state index in [0.29, 0.717) is 25.3 Å². The summed E-state index contributed by atoms with van der Waals surface area (Å²) in [6.45, 7) is 3.27. The van der Waals surface area contributed by atoms with Crippen LogP contribution in [0.4, 0.5) is 8.78 Å². The third kappa shape index (κ3) is 3.75. The highest BCUT2D eigenvalue weighted by Crippen LogP contribution is 2.41. The number of H-pyrrole nitrogens is 1. The van der Waals surface area contributed by atoms with Gasteiger partial charge in [-0.2, -0.15) is 5.10 Å². The number of nitrogens with one attached hydrogen (secondary N) is 1. The van der Waals surface area contributed by atoms with Gasteiger partial charge < -0.3 is 4.90 Å². The van der Waals surface area contributed by atoms with Crippen LogP contribution in [0.15, 0.2) is 18.2 Å². The van der Waals surface area contributed by atoms with E-state index < -0.39 is 11.6 Å². The minimum absolute atomic E-state index is 0.0462. The first kappa shape index (κ1) is 18.1. The Bertz CT molecular complexity index is 824. The van der Waals surface area contributed by atoms with E-state index in [-0.39, 0.29) is 17.4 Å². The summed E-state index contributed by atoms with van der Waals surface area (Å²) in [5, 5.41) is 7.32. The first-order chi connectivity index (χ1) is 13.0. The zero-order valence-corrected chi connectivity index (χ0v) is 15.6. The molecule has 6 heteroatoms. The van der Waals surface area contributed by atoms with Gasteiger partial charge in [0, 0.05) is 30.3 Å². The molecule has 1 aromatic carbocycles. The average molecular weight is 373 g/mol. The van der Waals surface area contributed by atoms with E-state index in [2.05, 4.69) is 10.2 Å². The highest BCUT2D eigenvalue weighted by molar-refractivity contribution is 5.96. The maximum Gasteiger partial charge on any atom is 0.257 e. The molecule has 1 aliphatic heterocycles. The Balaban J connectivity index is 1.42. The fourth-order valence-corrected chi connectivity index (χ4v) is 4.13. The maximum absolute atomic E-state index is 13.9. The number of hydrogen-bond donors (Lipinski definition) is 1. The van der Waals surface area contributed by atoms with Gasteiger partial charge in [0.2, 0.25) is 0 Å². The third-order valence-corrected chi connectivity index (χ3v) is 5.82. The quantitative estimate of drug-likeness (QED) is 0.847. The van der Waals surface area contributed by atoms with Gasteiger partial charge in [-0.1, -0.05) is 6.07 Å². The average Bonchev–Trinajstić information content (AvgIpc) is 3.43. The molecule has 4 rings (SSSR count). The molecule has 1 saturated heterocycles. The van der Waals surface area contributed by atoms with Gasteiger partial charge in [-0.3, -0.25) is 9.89 Å². The number of aryl methyl sites for hydroxylation is 1. The molecule has 1 amide bonds. The van der Waals surface area contributed by atoms with Crippen LogP contribution in [-0.2, 0) is 6.42 Å². The summed E-state index contributed by atoms with van der Waals surface area (Å²) >= 11 is 0. The largest absolute Gasteiger partial charge is 0.338 e. The summed E-state index contributed by atoms with van der Waals surface area (Å²) in [7, 11) is 0. The first-order valence-electron chi connectivity index (χ1n) is 9.81. The van der Waals surface area contributed by atoms with Gasteiger partial charge in [0.1, 0.15) is 11.6 Å². The van der Waals surface area contributed by atoms with E-state index in [0.717, 1.165) is 49.2 Å². The highest BCUT2D eigenvalue weighted by Gasteiger charge is 2.34. The number of hydrogen-bond acceptors (Lipinski definition) is 2. The van der Waals surface area contributed by atoms with Crippen LogP contribution in [0.3, 0.4) is 0 Å². The van der Waals surface area contributed by atoms with Gasteiger partial charge in [-0.05, 0) is 63.5 Å². The lowest BCUT2D eigenvalue weighted by molar-refractivity contribution is 0.0666. The van der Waals surface area contributed by atoms with Crippen LogP contribution in [0.25, 0.3) is 0 Å². The Kier molecular flexibility index (Phi) is 4.98. The van der Waals surface area contributed by atoms with E-state index in [1.807, 2.05) is 11.8 Å². The molecule has 144 valence electrons. The third-order valence-electron chi connectivity index (χ3n) is 5.82. The molecular weight excluding hydrogens is 348 g/mol. The number of rotatable bonds is 5. The van der Waals surface area contributed by atoms with Crippen molar-refractivity contribution in [1.29, 1.82) is 0 Å². The molecule has 0 unspecified atom stereocenters. The molecule has 0 radical (unpaired) electrons. The molecule has 2 fully saturated rings. The maximum atomic E-state index is 13.9. The van der Waals surface area contributed by atoms with Crippen molar-refractivity contribution in [1.82, 2.24) is 15.1 Å². The number of aromatic amines is 1. The number of benzene rings is 1. The topological polar surface area (TPSA) is 49.0 Å². The minimum atomic E-state index is -0.484. The van der Waals surface area contributed by atoms with Crippen molar-refractivity contribution in [2.75, 3.05) is 13.1 Å². The van der Waals surface area contributed by atoms with Crippen LogP contribution in [0, 0.1) is 24.5 Å². The standard InChI is InChI=1S/C21H25F2N3O/c1-13-19(20(25-24-13)15-8-9-15)21(27)26-11-3-4-14(12-26)7-10-16-17(22)5-2-6-18(16)23/h2,5-6,14-15H,3-4,7-12H2,1H3,(H,24,25)/t14-/m0/s1. The highest BCUT2D eigenvalue weighted by atomic mass is 19.1. The molecule has 4 nitrogen and oxygen atoms in total. The second-order valence-electron chi connectivity index (χ2n) is 7.88. The number of likely N-dealkylation sites (tertiary alicyclic amines) is 1. The van der Waals surface area contributed by atoms with Crippen LogP contribution in [0.5, 0.6) is 0 Å². The zero-order chi connectivity index (χ0) is 19.0. The van der Waals surface area contributed by atoms with Gasteiger partial charge >= 0.3 is 0 Å². The normalized spacial score (nSPS) is 20.1. The first-order valence-corrected chi connectivity index (χ1v) is 9.81. The summed E-state index contributed by atoms with van der Waals surface area (Å²) in [5.41, 5.74) is 2.63. The SMILES string of the molecule is Cc1[nH]nc(C2CC2)c1C(=O)N1CCC[C@@H](CCc2c(F)cccc2F)C1. The Morgan fingerprint density at radius 1 is 1.26 bits per heavy atom. The molecule has 0 bridgehead atoms. The number of piperidine rings is 1. The van der Waals surface area contributed by atoms with E-state index >= 15 is 0 Å². The Hall–Kier alpha value is -2.24. The number of aromatic nitrogens is 2. The summed E-state index contributed by atoms with van der Waals surface area (Å²) < 4.78 is 27.7. The molecule has 1 saturated carbocycles. The number of carbonyl (C=O) groups is 1. The molecule has 1 atom stereocenters. The van der Waals surface area contributed by atoms with E-state index in [4.69, 9.17) is 0 Å². The summed E-state index contributed by atoms with van der Waals surface area (Å²) in [4.78, 5) is 15.0. The van der Waals surface area contributed by atoms with Crippen molar-refractivity contribution < 1.29 is 13.6 Å². The van der Waals surface area contributed by atoms with Gasteiger partial charge in [-0.15, -0.1) is 0 Å². The van der Waals surface area contributed by atoms with Crippen molar-refractivity contribution in [3.63, 3.8) is 0 Å². The molecule has 27 heavy (non-hydrogen) atoms. The van der Waals surface area contributed by atoms with Gasteiger partial charge in [0.05, 0.1) is 11.3 Å². The predicted molar refractivity (Wildman–Crippen MR) is 98.6 cm³/mol. The minimum Gasteiger partial charge on any atom is -0.338 e. The van der Waals surface area contributed by atoms with Gasteiger partial charge in [-0.25, -0.2) is 8.78 Å². The second-order valence-corrected chi connectivity index (χ2v) is 7.88. The van der Waals surface area contributed by atoms with Crippen LogP contribution in [-0.4, -0.2) is 34.1 Å². The predicted octanol–water partition coefficient (Wildman–Crippen LogP) is 4.36. The van der Waals surface area contributed by atoms with Gasteiger partial charge in [0.15, 0.2) is 0 Å². The lowest BCUT2D eigenvalue weighted by Gasteiger charge is -2.33.